The Labute approximate surface area is 463 Å². The molecule has 0 aliphatic rings. The molecule has 16 rings (SSSR count). The molecule has 2 heterocycles. The predicted molar refractivity (Wildman–Crippen MR) is 339 cm³/mol. The van der Waals surface area contributed by atoms with Crippen molar-refractivity contribution in [3.63, 3.8) is 0 Å². The first-order valence-corrected chi connectivity index (χ1v) is 27.5. The molecule has 0 radical (unpaired) electrons. The number of hydrogen-bond acceptors (Lipinski definition) is 1. The summed E-state index contributed by atoms with van der Waals surface area (Å²) in [5.74, 6) is 0. The summed E-state index contributed by atoms with van der Waals surface area (Å²) in [5.41, 5.74) is 21.4. The van der Waals surface area contributed by atoms with E-state index in [9.17, 15) is 0 Å². The Kier molecular flexibility index (Phi) is 10.6. The molecule has 0 atom stereocenters. The third kappa shape index (κ3) is 7.49. The summed E-state index contributed by atoms with van der Waals surface area (Å²) >= 11 is 0. The summed E-state index contributed by atoms with van der Waals surface area (Å²) in [7, 11) is 0. The Morgan fingerprint density at radius 2 is 0.637 bits per heavy atom. The molecule has 0 N–H and O–H groups in total. The van der Waals surface area contributed by atoms with Crippen molar-refractivity contribution in [3.05, 3.63) is 297 Å². The number of aromatic nitrogens is 1. The minimum Gasteiger partial charge on any atom is -0.455 e. The molecule has 0 spiro atoms. The van der Waals surface area contributed by atoms with Crippen molar-refractivity contribution in [1.29, 1.82) is 0 Å². The molecule has 14 aromatic carbocycles. The lowest BCUT2D eigenvalue weighted by Gasteiger charge is -2.18. The number of benzene rings is 14. The molecule has 0 fully saturated rings. The fourth-order valence-corrected chi connectivity index (χ4v) is 12.8. The highest BCUT2D eigenvalue weighted by molar-refractivity contribution is 6.22. The van der Waals surface area contributed by atoms with E-state index < -0.39 is 0 Å². The van der Waals surface area contributed by atoms with Gasteiger partial charge in [0.2, 0.25) is 0 Å². The van der Waals surface area contributed by atoms with E-state index >= 15 is 0 Å². The largest absolute Gasteiger partial charge is 0.455 e. The van der Waals surface area contributed by atoms with E-state index in [1.165, 1.54) is 82.0 Å². The predicted octanol–water partition coefficient (Wildman–Crippen LogP) is 21.8. The molecule has 0 saturated carbocycles. The Hall–Kier alpha value is -10.5. The van der Waals surface area contributed by atoms with E-state index in [0.717, 1.165) is 77.7 Å². The highest BCUT2D eigenvalue weighted by Crippen LogP contribution is 2.47. The van der Waals surface area contributed by atoms with Gasteiger partial charge in [-0.1, -0.05) is 231 Å². The Bertz CT molecular complexity index is 5030. The molecule has 0 aliphatic heterocycles. The first-order valence-electron chi connectivity index (χ1n) is 27.5. The highest BCUT2D eigenvalue weighted by atomic mass is 16.3. The Balaban J connectivity index is 0.880. The van der Waals surface area contributed by atoms with Crippen LogP contribution < -0.4 is 0 Å². The van der Waals surface area contributed by atoms with Gasteiger partial charge in [-0.05, 0) is 166 Å². The monoisotopic (exact) mass is 1020 g/mol. The number of hydrogen-bond donors (Lipinski definition) is 0. The highest BCUT2D eigenvalue weighted by Gasteiger charge is 2.22. The maximum Gasteiger partial charge on any atom is 0.143 e. The van der Waals surface area contributed by atoms with Gasteiger partial charge in [-0.3, -0.25) is 0 Å². The molecule has 0 aliphatic carbocycles. The van der Waals surface area contributed by atoms with Gasteiger partial charge < -0.3 is 8.98 Å². The van der Waals surface area contributed by atoms with E-state index in [0.29, 0.717) is 0 Å². The number of nitrogens with zero attached hydrogens (tertiary/aromatic N) is 1. The normalized spacial score (nSPS) is 11.8. The maximum absolute atomic E-state index is 7.30. The van der Waals surface area contributed by atoms with Gasteiger partial charge in [0, 0.05) is 38.4 Å². The van der Waals surface area contributed by atoms with E-state index in [4.69, 9.17) is 4.42 Å². The van der Waals surface area contributed by atoms with E-state index in [2.05, 4.69) is 302 Å². The van der Waals surface area contributed by atoms with Crippen LogP contribution in [0.15, 0.2) is 302 Å². The summed E-state index contributed by atoms with van der Waals surface area (Å²) in [6.45, 7) is 0. The van der Waals surface area contributed by atoms with Crippen LogP contribution in [0.5, 0.6) is 0 Å². The molecular weight excluding hydrogens is 967 g/mol. The third-order valence-corrected chi connectivity index (χ3v) is 16.5. The lowest BCUT2D eigenvalue weighted by atomic mass is 9.86. The minimum absolute atomic E-state index is 0.871. The fourth-order valence-electron chi connectivity index (χ4n) is 12.8. The number of furan rings is 1. The van der Waals surface area contributed by atoms with Crippen LogP contribution in [0.4, 0.5) is 0 Å². The smallest absolute Gasteiger partial charge is 0.143 e. The van der Waals surface area contributed by atoms with Crippen molar-refractivity contribution in [3.8, 4) is 83.6 Å². The van der Waals surface area contributed by atoms with Gasteiger partial charge in [0.1, 0.15) is 11.2 Å². The molecule has 16 aromatic rings. The Morgan fingerprint density at radius 1 is 0.212 bits per heavy atom. The first kappa shape index (κ1) is 45.6. The average Bonchev–Trinajstić information content (AvgIpc) is 4.26. The molecule has 0 saturated heterocycles. The van der Waals surface area contributed by atoms with Crippen molar-refractivity contribution in [2.45, 2.75) is 0 Å². The van der Waals surface area contributed by atoms with Gasteiger partial charge in [0.25, 0.3) is 0 Å². The number of rotatable bonds is 8. The van der Waals surface area contributed by atoms with Gasteiger partial charge in [-0.2, -0.15) is 0 Å². The fraction of sp³-hybridized carbons (Fsp3) is 0. The summed E-state index contributed by atoms with van der Waals surface area (Å²) in [5, 5.41) is 12.0. The first-order chi connectivity index (χ1) is 39.7. The molecule has 80 heavy (non-hydrogen) atoms. The second kappa shape index (κ2) is 18.6. The van der Waals surface area contributed by atoms with Crippen molar-refractivity contribution < 1.29 is 4.42 Å². The van der Waals surface area contributed by atoms with Crippen LogP contribution in [0.1, 0.15) is 0 Å². The van der Waals surface area contributed by atoms with Crippen LogP contribution in [-0.2, 0) is 0 Å². The molecule has 0 bridgehead atoms. The van der Waals surface area contributed by atoms with Gasteiger partial charge in [0.15, 0.2) is 0 Å². The molecule has 0 unspecified atom stereocenters. The zero-order chi connectivity index (χ0) is 52.7. The molecule has 2 nitrogen and oxygen atoms in total. The third-order valence-electron chi connectivity index (χ3n) is 16.5. The van der Waals surface area contributed by atoms with Gasteiger partial charge >= 0.3 is 0 Å². The number of fused-ring (bicyclic) bond motifs is 9. The zero-order valence-corrected chi connectivity index (χ0v) is 43.6. The summed E-state index contributed by atoms with van der Waals surface area (Å²) in [6, 6.07) is 109. The van der Waals surface area contributed by atoms with Crippen LogP contribution in [0.25, 0.3) is 160 Å². The van der Waals surface area contributed by atoms with Gasteiger partial charge in [-0.25, -0.2) is 0 Å². The Morgan fingerprint density at radius 3 is 1.27 bits per heavy atom. The second-order valence-corrected chi connectivity index (χ2v) is 21.1. The van der Waals surface area contributed by atoms with E-state index in [-0.39, 0.29) is 0 Å². The van der Waals surface area contributed by atoms with Crippen LogP contribution in [0.2, 0.25) is 0 Å². The quantitative estimate of drug-likeness (QED) is 0.139. The van der Waals surface area contributed by atoms with Crippen molar-refractivity contribution in [2.24, 2.45) is 0 Å². The lowest BCUT2D eigenvalue weighted by Crippen LogP contribution is -1.94. The minimum atomic E-state index is 0.871. The zero-order valence-electron chi connectivity index (χ0n) is 43.6. The SMILES string of the molecule is c1ccc(-c2cccc(-c3cc(-c4ccc5c(c4)c4ccccc4n5-c4ccc(-c5c6ccccc6c(-c6ccccc6)c6ccccc56)cc4)cc4c3oc3c(-c5ccccc5)cc(-c5ccc6ccccc6c5)cc34)c2)cc1. The summed E-state index contributed by atoms with van der Waals surface area (Å²) in [6.07, 6.45) is 0. The van der Waals surface area contributed by atoms with Crippen molar-refractivity contribution >= 4 is 76.1 Å². The second-order valence-electron chi connectivity index (χ2n) is 21.1. The maximum atomic E-state index is 7.30. The topological polar surface area (TPSA) is 18.1 Å². The summed E-state index contributed by atoms with van der Waals surface area (Å²) < 4.78 is 9.73. The van der Waals surface area contributed by atoms with Crippen LogP contribution in [0.3, 0.4) is 0 Å². The van der Waals surface area contributed by atoms with E-state index in [1.54, 1.807) is 0 Å². The standard InChI is InChI=1S/C78H49NO/c1-4-19-50(20-5-1)56-27-18-28-59(44-56)69-47-61(49-72-71-48-60(57-36-35-51-21-10-11-26-55(51)43-57)46-68(77(71)80-78(69)72)52-22-6-2-7-23-52)58-39-42-74-70(45-58)63-29-16-17-34-73(63)79(74)62-40-37-54(38-41-62)76-66-32-14-12-30-64(66)75(53-24-8-3-9-25-53)65-31-13-15-33-67(65)76/h1-49H. The van der Waals surface area contributed by atoms with Crippen LogP contribution in [0, 0.1) is 0 Å². The molecular formula is C78H49NO. The molecule has 2 aromatic heterocycles. The van der Waals surface area contributed by atoms with Gasteiger partial charge in [-0.15, -0.1) is 0 Å². The number of para-hydroxylation sites is 1. The van der Waals surface area contributed by atoms with Crippen LogP contribution in [-0.4, -0.2) is 4.57 Å². The molecule has 0 amide bonds. The van der Waals surface area contributed by atoms with Crippen molar-refractivity contribution in [2.75, 3.05) is 0 Å². The summed E-state index contributed by atoms with van der Waals surface area (Å²) in [4.78, 5) is 0. The van der Waals surface area contributed by atoms with Gasteiger partial charge in [0.05, 0.1) is 11.0 Å². The lowest BCUT2D eigenvalue weighted by molar-refractivity contribution is 0.671. The molecule has 372 valence electrons. The molecule has 2 heteroatoms. The van der Waals surface area contributed by atoms with E-state index in [1.807, 2.05) is 0 Å². The average molecular weight is 1020 g/mol. The van der Waals surface area contributed by atoms with Crippen LogP contribution >= 0.6 is 0 Å². The van der Waals surface area contributed by atoms with Crippen molar-refractivity contribution in [1.82, 2.24) is 4.57 Å².